The highest BCUT2D eigenvalue weighted by molar-refractivity contribution is 7.99. The maximum atomic E-state index is 3.44. The molecule has 0 nitrogen and oxygen atoms in total. The number of thioether (sulfide) groups is 1. The van der Waals surface area contributed by atoms with E-state index < -0.39 is 16.1 Å². The first-order chi connectivity index (χ1) is 14.3. The molecule has 0 spiro atoms. The van der Waals surface area contributed by atoms with E-state index in [4.69, 9.17) is 0 Å². The Labute approximate surface area is 197 Å². The van der Waals surface area contributed by atoms with Crippen LogP contribution in [0.3, 0.4) is 0 Å². The molecule has 0 atom stereocenters. The summed E-state index contributed by atoms with van der Waals surface area (Å²) in [6.07, 6.45) is 0. The van der Waals surface area contributed by atoms with Crippen molar-refractivity contribution in [1.82, 2.24) is 0 Å². The lowest BCUT2D eigenvalue weighted by atomic mass is 10.1. The summed E-state index contributed by atoms with van der Waals surface area (Å²) in [4.78, 5) is 1.34. The third kappa shape index (κ3) is 8.42. The molecule has 0 bridgehead atoms. The molecule has 2 aromatic rings. The molecule has 0 amide bonds. The van der Waals surface area contributed by atoms with Crippen LogP contribution in [0.4, 0.5) is 0 Å². The smallest absolute Gasteiger partial charge is 0.127 e. The van der Waals surface area contributed by atoms with Gasteiger partial charge in [-0.3, -0.25) is 0 Å². The SMILES string of the molecule is Cc1cc(C#Cc2ccc(SCC[Si](C)(C)C(C)(C)C)cc2)ccc1C#C[Si](C)(C)C. The van der Waals surface area contributed by atoms with Gasteiger partial charge in [-0.25, -0.2) is 0 Å². The van der Waals surface area contributed by atoms with E-state index >= 15 is 0 Å². The van der Waals surface area contributed by atoms with Crippen molar-refractivity contribution in [2.75, 3.05) is 5.75 Å². The zero-order valence-corrected chi connectivity index (χ0v) is 23.7. The second-order valence-electron chi connectivity index (χ2n) is 11.0. The van der Waals surface area contributed by atoms with Crippen LogP contribution in [-0.4, -0.2) is 21.9 Å². The average Bonchev–Trinajstić information content (AvgIpc) is 2.65. The highest BCUT2D eigenvalue weighted by Gasteiger charge is 2.34. The van der Waals surface area contributed by atoms with Gasteiger partial charge >= 0.3 is 0 Å². The molecular weight excluding hydrogens is 425 g/mol. The van der Waals surface area contributed by atoms with E-state index in [-0.39, 0.29) is 0 Å². The van der Waals surface area contributed by atoms with Gasteiger partial charge in [-0.05, 0) is 71.8 Å². The molecule has 0 fully saturated rings. The van der Waals surface area contributed by atoms with E-state index in [1.807, 2.05) is 11.8 Å². The van der Waals surface area contributed by atoms with Gasteiger partial charge in [0.2, 0.25) is 0 Å². The monoisotopic (exact) mass is 462 g/mol. The van der Waals surface area contributed by atoms with Gasteiger partial charge in [0.25, 0.3) is 0 Å². The molecule has 164 valence electrons. The van der Waals surface area contributed by atoms with Crippen molar-refractivity contribution >= 4 is 27.9 Å². The highest BCUT2D eigenvalue weighted by Crippen LogP contribution is 2.39. The molecular formula is C28H38SSi2. The topological polar surface area (TPSA) is 0 Å². The first-order valence-electron chi connectivity index (χ1n) is 11.2. The van der Waals surface area contributed by atoms with Gasteiger partial charge in [0, 0.05) is 21.6 Å². The summed E-state index contributed by atoms with van der Waals surface area (Å²) in [6, 6.07) is 16.4. The molecule has 2 aromatic carbocycles. The Bertz CT molecular complexity index is 1010. The molecule has 0 aliphatic carbocycles. The second kappa shape index (κ2) is 10.3. The van der Waals surface area contributed by atoms with Crippen molar-refractivity contribution in [2.24, 2.45) is 0 Å². The lowest BCUT2D eigenvalue weighted by Gasteiger charge is -2.37. The van der Waals surface area contributed by atoms with Crippen LogP contribution in [0.1, 0.15) is 43.0 Å². The first-order valence-corrected chi connectivity index (χ1v) is 18.8. The standard InChI is InChI=1S/C28H38SSi2/c1-23-22-25(12-15-26(23)18-20-30(5,6)7)11-10-24-13-16-27(17-14-24)29-19-21-31(8,9)28(2,3)4/h12-17,22H,19,21H2,1-9H3. The Hall–Kier alpha value is -1.66. The van der Waals surface area contributed by atoms with Gasteiger partial charge in [-0.2, -0.15) is 0 Å². The fourth-order valence-corrected chi connectivity index (χ4v) is 6.99. The maximum Gasteiger partial charge on any atom is 0.129 e. The fraction of sp³-hybridized carbons (Fsp3) is 0.429. The molecule has 0 aromatic heterocycles. The Morgan fingerprint density at radius 3 is 1.94 bits per heavy atom. The summed E-state index contributed by atoms with van der Waals surface area (Å²) in [5.74, 6) is 11.2. The molecule has 2 rings (SSSR count). The van der Waals surface area contributed by atoms with E-state index in [1.165, 1.54) is 22.3 Å². The van der Waals surface area contributed by atoms with Gasteiger partial charge in [0.15, 0.2) is 0 Å². The quantitative estimate of drug-likeness (QED) is 0.250. The summed E-state index contributed by atoms with van der Waals surface area (Å²) in [5.41, 5.74) is 7.87. The number of hydrogen-bond donors (Lipinski definition) is 0. The van der Waals surface area contributed by atoms with Crippen LogP contribution in [0.15, 0.2) is 47.4 Å². The zero-order valence-electron chi connectivity index (χ0n) is 20.9. The number of rotatable bonds is 4. The molecule has 0 saturated carbocycles. The fourth-order valence-electron chi connectivity index (χ4n) is 2.71. The van der Waals surface area contributed by atoms with Crippen molar-refractivity contribution in [1.29, 1.82) is 0 Å². The van der Waals surface area contributed by atoms with E-state index in [0.29, 0.717) is 5.04 Å². The summed E-state index contributed by atoms with van der Waals surface area (Å²) in [6.45, 7) is 21.1. The van der Waals surface area contributed by atoms with E-state index in [2.05, 4.69) is 126 Å². The lowest BCUT2D eigenvalue weighted by molar-refractivity contribution is 0.716. The maximum absolute atomic E-state index is 3.44. The second-order valence-corrected chi connectivity index (χ2v) is 22.7. The van der Waals surface area contributed by atoms with Gasteiger partial charge < -0.3 is 0 Å². The van der Waals surface area contributed by atoms with Gasteiger partial charge in [-0.1, -0.05) is 71.3 Å². The van der Waals surface area contributed by atoms with Crippen molar-refractivity contribution < 1.29 is 0 Å². The zero-order chi connectivity index (χ0) is 23.3. The first kappa shape index (κ1) is 25.6. The molecule has 31 heavy (non-hydrogen) atoms. The molecule has 0 saturated heterocycles. The van der Waals surface area contributed by atoms with Gasteiger partial charge in [0.1, 0.15) is 8.07 Å². The molecule has 0 aliphatic rings. The third-order valence-corrected chi connectivity index (χ3v) is 13.8. The van der Waals surface area contributed by atoms with Crippen molar-refractivity contribution in [3.8, 4) is 23.3 Å². The van der Waals surface area contributed by atoms with Crippen LogP contribution >= 0.6 is 11.8 Å². The number of hydrogen-bond acceptors (Lipinski definition) is 1. The summed E-state index contributed by atoms with van der Waals surface area (Å²) >= 11 is 1.97. The van der Waals surface area contributed by atoms with Crippen molar-refractivity contribution in [3.63, 3.8) is 0 Å². The largest absolute Gasteiger partial charge is 0.129 e. The Kier molecular flexibility index (Phi) is 8.51. The van der Waals surface area contributed by atoms with Crippen LogP contribution < -0.4 is 0 Å². The van der Waals surface area contributed by atoms with Crippen molar-refractivity contribution in [2.45, 2.75) is 76.4 Å². The Balaban J connectivity index is 2.00. The van der Waals surface area contributed by atoms with Crippen molar-refractivity contribution in [3.05, 3.63) is 64.7 Å². The predicted molar refractivity (Wildman–Crippen MR) is 147 cm³/mol. The Morgan fingerprint density at radius 2 is 1.39 bits per heavy atom. The molecule has 0 N–H and O–H groups in total. The number of aryl methyl sites for hydroxylation is 1. The van der Waals surface area contributed by atoms with E-state index in [9.17, 15) is 0 Å². The third-order valence-electron chi connectivity index (χ3n) is 6.03. The van der Waals surface area contributed by atoms with Crippen LogP contribution in [0, 0.1) is 30.2 Å². The summed E-state index contributed by atoms with van der Waals surface area (Å²) in [5, 5.41) is 0.463. The number of benzene rings is 2. The predicted octanol–water partition coefficient (Wildman–Crippen LogP) is 8.22. The summed E-state index contributed by atoms with van der Waals surface area (Å²) in [7, 11) is -2.55. The van der Waals surface area contributed by atoms with E-state index in [1.54, 1.807) is 0 Å². The molecule has 0 heterocycles. The van der Waals surface area contributed by atoms with Gasteiger partial charge in [0.05, 0.1) is 8.07 Å². The molecule has 0 aliphatic heterocycles. The summed E-state index contributed by atoms with van der Waals surface area (Å²) < 4.78 is 0. The average molecular weight is 463 g/mol. The molecule has 0 unspecified atom stereocenters. The van der Waals surface area contributed by atoms with Crippen LogP contribution in [0.25, 0.3) is 0 Å². The minimum atomic E-state index is -1.36. The molecule has 0 radical (unpaired) electrons. The molecule has 3 heteroatoms. The van der Waals surface area contributed by atoms with Crippen LogP contribution in [0.5, 0.6) is 0 Å². The minimum Gasteiger partial charge on any atom is -0.127 e. The van der Waals surface area contributed by atoms with Crippen LogP contribution in [-0.2, 0) is 0 Å². The van der Waals surface area contributed by atoms with Crippen LogP contribution in [0.2, 0.25) is 43.8 Å². The Morgan fingerprint density at radius 1 is 0.806 bits per heavy atom. The highest BCUT2D eigenvalue weighted by atomic mass is 32.2. The van der Waals surface area contributed by atoms with E-state index in [0.717, 1.165) is 16.7 Å². The van der Waals surface area contributed by atoms with Gasteiger partial charge in [-0.15, -0.1) is 17.3 Å². The minimum absolute atomic E-state index is 0.463. The lowest BCUT2D eigenvalue weighted by Crippen LogP contribution is -2.37. The normalized spacial score (nSPS) is 11.9.